The second-order valence-electron chi connectivity index (χ2n) is 9.74. The van der Waals surface area contributed by atoms with Crippen LogP contribution in [0.3, 0.4) is 0 Å². The number of hydrogen-bond acceptors (Lipinski definition) is 7. The van der Waals surface area contributed by atoms with E-state index in [9.17, 15) is 26.4 Å². The number of piperidine rings is 1. The summed E-state index contributed by atoms with van der Waals surface area (Å²) in [5.74, 6) is 0.205. The van der Waals surface area contributed by atoms with Crippen LogP contribution in [0.5, 0.6) is 0 Å². The largest absolute Gasteiger partial charge is 0.343 e. The molecule has 0 unspecified atom stereocenters. The molecule has 14 heteroatoms. The smallest absolute Gasteiger partial charge is 0.242 e. The van der Waals surface area contributed by atoms with E-state index in [2.05, 4.69) is 10.3 Å². The Hall–Kier alpha value is -3.33. The molecule has 39 heavy (non-hydrogen) atoms. The Kier molecular flexibility index (Phi) is 8.12. The Bertz CT molecular complexity index is 1610. The maximum absolute atomic E-state index is 12.9. The number of sulfonamides is 2. The van der Waals surface area contributed by atoms with Gasteiger partial charge in [0.1, 0.15) is 5.82 Å². The van der Waals surface area contributed by atoms with Crippen LogP contribution in [-0.4, -0.2) is 74.6 Å². The monoisotopic (exact) mass is 576 g/mol. The molecule has 2 heterocycles. The number of carbonyl (C=O) groups excluding carboxylic acids is 2. The van der Waals surface area contributed by atoms with Crippen LogP contribution in [-0.2, 0) is 43.1 Å². The maximum Gasteiger partial charge on any atom is 0.242 e. The van der Waals surface area contributed by atoms with Crippen LogP contribution in [0, 0.1) is 5.92 Å². The van der Waals surface area contributed by atoms with Gasteiger partial charge in [0, 0.05) is 58.7 Å². The summed E-state index contributed by atoms with van der Waals surface area (Å²) in [6.07, 6.45) is 1.67. The Labute approximate surface area is 227 Å². The molecule has 3 N–H and O–H groups in total. The molecule has 2 amide bonds. The molecular formula is C25H32N6O6S2. The highest BCUT2D eigenvalue weighted by atomic mass is 32.2. The molecule has 1 aromatic heterocycles. The van der Waals surface area contributed by atoms with Crippen LogP contribution in [0.15, 0.2) is 52.3 Å². The third-order valence-electron chi connectivity index (χ3n) is 6.95. The lowest BCUT2D eigenvalue weighted by molar-refractivity contribution is -0.134. The van der Waals surface area contributed by atoms with E-state index in [1.165, 1.54) is 38.4 Å². The average Bonchev–Trinajstić information content (AvgIpc) is 3.21. The highest BCUT2D eigenvalue weighted by Gasteiger charge is 2.28. The molecule has 1 saturated heterocycles. The third-order valence-corrected chi connectivity index (χ3v) is 9.70. The van der Waals surface area contributed by atoms with E-state index in [0.29, 0.717) is 49.4 Å². The number of imidazole rings is 1. The van der Waals surface area contributed by atoms with Crippen molar-refractivity contribution < 1.29 is 26.4 Å². The molecule has 0 atom stereocenters. The Morgan fingerprint density at radius 1 is 1.03 bits per heavy atom. The first-order chi connectivity index (χ1) is 18.3. The van der Waals surface area contributed by atoms with E-state index in [0.717, 1.165) is 9.82 Å². The number of fused-ring (bicyclic) bond motifs is 1. The lowest BCUT2D eigenvalue weighted by Crippen LogP contribution is -2.41. The number of likely N-dealkylation sites (tertiary alicyclic amines) is 1. The SMILES string of the molecule is CN(C)S(=O)(=O)c1ccc2c(c1)nc(CCC(=O)N1CCC(C(=O)Nc3ccc(S(N)(=O)=O)cc3)CC1)n2C. The molecular weight excluding hydrogens is 544 g/mol. The van der Waals surface area contributed by atoms with Crippen molar-refractivity contribution in [1.82, 2.24) is 18.8 Å². The molecule has 0 aliphatic carbocycles. The average molecular weight is 577 g/mol. The van der Waals surface area contributed by atoms with Gasteiger partial charge in [0.05, 0.1) is 20.8 Å². The van der Waals surface area contributed by atoms with E-state index in [1.807, 2.05) is 11.6 Å². The first kappa shape index (κ1) is 28.7. The molecule has 1 aliphatic rings. The third kappa shape index (κ3) is 6.30. The van der Waals surface area contributed by atoms with Gasteiger partial charge < -0.3 is 14.8 Å². The number of aryl methyl sites for hydroxylation is 2. The zero-order valence-corrected chi connectivity index (χ0v) is 23.6. The fourth-order valence-corrected chi connectivity index (χ4v) is 6.00. The van der Waals surface area contributed by atoms with Gasteiger partial charge in [-0.15, -0.1) is 0 Å². The maximum atomic E-state index is 12.9. The van der Waals surface area contributed by atoms with Gasteiger partial charge in [-0.05, 0) is 55.3 Å². The highest BCUT2D eigenvalue weighted by Crippen LogP contribution is 2.24. The molecule has 0 radical (unpaired) electrons. The van der Waals surface area contributed by atoms with Crippen molar-refractivity contribution in [3.05, 3.63) is 48.3 Å². The normalized spacial score (nSPS) is 15.2. The van der Waals surface area contributed by atoms with E-state index in [1.54, 1.807) is 23.1 Å². The first-order valence-electron chi connectivity index (χ1n) is 12.4. The van der Waals surface area contributed by atoms with Gasteiger partial charge >= 0.3 is 0 Å². The fraction of sp³-hybridized carbons (Fsp3) is 0.400. The summed E-state index contributed by atoms with van der Waals surface area (Å²) < 4.78 is 50.7. The molecule has 210 valence electrons. The predicted molar refractivity (Wildman–Crippen MR) is 146 cm³/mol. The molecule has 2 aromatic carbocycles. The summed E-state index contributed by atoms with van der Waals surface area (Å²) >= 11 is 0. The summed E-state index contributed by atoms with van der Waals surface area (Å²) in [5.41, 5.74) is 1.80. The molecule has 12 nitrogen and oxygen atoms in total. The molecule has 0 saturated carbocycles. The van der Waals surface area contributed by atoms with Gasteiger partial charge in [-0.1, -0.05) is 0 Å². The van der Waals surface area contributed by atoms with E-state index in [-0.39, 0.29) is 33.9 Å². The summed E-state index contributed by atoms with van der Waals surface area (Å²) in [6.45, 7) is 0.908. The highest BCUT2D eigenvalue weighted by molar-refractivity contribution is 7.89. The number of rotatable bonds is 8. The fourth-order valence-electron chi connectivity index (χ4n) is 4.56. The van der Waals surface area contributed by atoms with Gasteiger partial charge in [0.15, 0.2) is 0 Å². The van der Waals surface area contributed by atoms with Crippen molar-refractivity contribution in [3.8, 4) is 0 Å². The Morgan fingerprint density at radius 2 is 1.64 bits per heavy atom. The van der Waals surface area contributed by atoms with Gasteiger partial charge in [-0.3, -0.25) is 9.59 Å². The lowest BCUT2D eigenvalue weighted by Gasteiger charge is -2.31. The lowest BCUT2D eigenvalue weighted by atomic mass is 9.95. The number of primary sulfonamides is 1. The summed E-state index contributed by atoms with van der Waals surface area (Å²) in [7, 11) is -2.60. The van der Waals surface area contributed by atoms with Crippen LogP contribution >= 0.6 is 0 Å². The standard InChI is InChI=1S/C25H32N6O6S2/c1-29(2)39(36,37)20-8-9-22-21(16-20)28-23(30(22)3)10-11-24(32)31-14-12-17(13-15-31)25(33)27-18-4-6-19(7-5-18)38(26,34)35/h4-9,16-17H,10-15H2,1-3H3,(H,27,33)(H2,26,34,35). The predicted octanol–water partition coefficient (Wildman–Crippen LogP) is 1.28. The van der Waals surface area contributed by atoms with E-state index >= 15 is 0 Å². The zero-order valence-electron chi connectivity index (χ0n) is 22.0. The van der Waals surface area contributed by atoms with Crippen LogP contribution < -0.4 is 10.5 Å². The minimum atomic E-state index is -3.80. The van der Waals surface area contributed by atoms with Crippen LogP contribution in [0.4, 0.5) is 5.69 Å². The summed E-state index contributed by atoms with van der Waals surface area (Å²) in [6, 6.07) is 10.4. The Balaban J connectivity index is 1.31. The summed E-state index contributed by atoms with van der Waals surface area (Å²) in [4.78, 5) is 32.0. The van der Waals surface area contributed by atoms with Crippen molar-refractivity contribution in [1.29, 1.82) is 0 Å². The van der Waals surface area contributed by atoms with Crippen LogP contribution in [0.1, 0.15) is 25.1 Å². The van der Waals surface area contributed by atoms with Crippen LogP contribution in [0.25, 0.3) is 11.0 Å². The molecule has 1 fully saturated rings. The van der Waals surface area contributed by atoms with Gasteiger partial charge in [0.25, 0.3) is 0 Å². The Morgan fingerprint density at radius 3 is 2.23 bits per heavy atom. The second-order valence-corrected chi connectivity index (χ2v) is 13.5. The summed E-state index contributed by atoms with van der Waals surface area (Å²) in [5, 5.41) is 7.89. The van der Waals surface area contributed by atoms with Crippen molar-refractivity contribution in [2.75, 3.05) is 32.5 Å². The minimum Gasteiger partial charge on any atom is -0.343 e. The zero-order chi connectivity index (χ0) is 28.5. The number of hydrogen-bond donors (Lipinski definition) is 2. The number of carbonyl (C=O) groups is 2. The van der Waals surface area contributed by atoms with E-state index in [4.69, 9.17) is 5.14 Å². The van der Waals surface area contributed by atoms with E-state index < -0.39 is 20.0 Å². The molecule has 3 aromatic rings. The first-order valence-corrected chi connectivity index (χ1v) is 15.4. The van der Waals surface area contributed by atoms with Crippen molar-refractivity contribution >= 4 is 48.6 Å². The van der Waals surface area contributed by atoms with Gasteiger partial charge in [-0.25, -0.2) is 31.3 Å². The van der Waals surface area contributed by atoms with Crippen molar-refractivity contribution in [2.45, 2.75) is 35.5 Å². The second kappa shape index (κ2) is 11.0. The number of anilines is 1. The molecule has 0 spiro atoms. The topological polar surface area (TPSA) is 165 Å². The molecule has 4 rings (SSSR count). The number of nitrogens with two attached hydrogens (primary N) is 1. The van der Waals surface area contributed by atoms with Gasteiger partial charge in [-0.2, -0.15) is 0 Å². The number of nitrogens with one attached hydrogen (secondary N) is 1. The van der Waals surface area contributed by atoms with Crippen molar-refractivity contribution in [2.24, 2.45) is 18.1 Å². The van der Waals surface area contributed by atoms with Crippen LogP contribution in [0.2, 0.25) is 0 Å². The van der Waals surface area contributed by atoms with Crippen molar-refractivity contribution in [3.63, 3.8) is 0 Å². The number of aromatic nitrogens is 2. The minimum absolute atomic E-state index is 0.0321. The molecule has 1 aliphatic heterocycles. The number of benzene rings is 2. The number of nitrogens with zero attached hydrogens (tertiary/aromatic N) is 4. The number of amides is 2. The molecule has 0 bridgehead atoms. The van der Waals surface area contributed by atoms with Gasteiger partial charge in [0.2, 0.25) is 31.9 Å². The quantitative estimate of drug-likeness (QED) is 0.408.